The number of carbonyl (C=O) groups is 1. The molecule has 1 aliphatic rings. The molecule has 31 heavy (non-hydrogen) atoms. The molecule has 0 aromatic heterocycles. The summed E-state index contributed by atoms with van der Waals surface area (Å²) in [6, 6.07) is 16.2. The minimum Gasteiger partial charge on any atom is -0.496 e. The third-order valence-electron chi connectivity index (χ3n) is 5.08. The van der Waals surface area contributed by atoms with E-state index in [0.29, 0.717) is 23.9 Å². The van der Waals surface area contributed by atoms with Gasteiger partial charge in [-0.25, -0.2) is 9.79 Å². The second-order valence-electron chi connectivity index (χ2n) is 7.13. The minimum absolute atomic E-state index is 0. The molecule has 1 heterocycles. The van der Waals surface area contributed by atoms with E-state index in [1.807, 2.05) is 19.1 Å². The Morgan fingerprint density at radius 3 is 2.65 bits per heavy atom. The van der Waals surface area contributed by atoms with E-state index in [0.717, 1.165) is 37.6 Å². The number of esters is 1. The van der Waals surface area contributed by atoms with E-state index in [2.05, 4.69) is 39.8 Å². The number of anilines is 1. The molecular weight excluding hydrogens is 507 g/mol. The Morgan fingerprint density at radius 2 is 1.97 bits per heavy atom. The highest BCUT2D eigenvalue weighted by Gasteiger charge is 2.23. The van der Waals surface area contributed by atoms with Crippen molar-refractivity contribution in [2.45, 2.75) is 25.9 Å². The van der Waals surface area contributed by atoms with E-state index >= 15 is 0 Å². The van der Waals surface area contributed by atoms with Gasteiger partial charge in [0.25, 0.3) is 0 Å². The molecule has 3 rings (SSSR count). The number of carbonyl (C=O) groups excluding carboxylic acids is 1. The number of hydrogen-bond acceptors (Lipinski definition) is 5. The Morgan fingerprint density at radius 1 is 1.19 bits per heavy atom. The lowest BCUT2D eigenvalue weighted by atomic mass is 10.1. The summed E-state index contributed by atoms with van der Waals surface area (Å²) in [4.78, 5) is 19.1. The van der Waals surface area contributed by atoms with Crippen molar-refractivity contribution in [1.29, 1.82) is 0 Å². The predicted molar refractivity (Wildman–Crippen MR) is 135 cm³/mol. The van der Waals surface area contributed by atoms with E-state index in [-0.39, 0.29) is 24.0 Å². The first-order valence-corrected chi connectivity index (χ1v) is 10.2. The zero-order valence-corrected chi connectivity index (χ0v) is 20.6. The number of rotatable bonds is 7. The van der Waals surface area contributed by atoms with Gasteiger partial charge in [-0.15, -0.1) is 24.0 Å². The second-order valence-corrected chi connectivity index (χ2v) is 7.13. The Balaban J connectivity index is 0.00000341. The third-order valence-corrected chi connectivity index (χ3v) is 5.08. The standard InChI is InChI=1S/C23H30N4O3.HI/c1-4-24-23(26-18-12-13-27(16-18)19-8-6-5-7-9-19)25-15-17-10-11-21(29-2)20(14-17)22(28)30-3;/h5-11,14,18H,4,12-13,15-16H2,1-3H3,(H2,24,25,26);1H. The molecule has 1 unspecified atom stereocenters. The van der Waals surface area contributed by atoms with Crippen LogP contribution in [0.5, 0.6) is 5.75 Å². The highest BCUT2D eigenvalue weighted by Crippen LogP contribution is 2.22. The first-order chi connectivity index (χ1) is 14.6. The lowest BCUT2D eigenvalue weighted by Crippen LogP contribution is -2.44. The summed E-state index contributed by atoms with van der Waals surface area (Å²) in [5, 5.41) is 6.85. The maximum Gasteiger partial charge on any atom is 0.341 e. The fourth-order valence-electron chi connectivity index (χ4n) is 3.56. The summed E-state index contributed by atoms with van der Waals surface area (Å²) < 4.78 is 10.1. The number of nitrogens with zero attached hydrogens (tertiary/aromatic N) is 2. The van der Waals surface area contributed by atoms with Crippen molar-refractivity contribution < 1.29 is 14.3 Å². The number of para-hydroxylation sites is 1. The highest BCUT2D eigenvalue weighted by molar-refractivity contribution is 14.0. The van der Waals surface area contributed by atoms with Crippen LogP contribution in [0.25, 0.3) is 0 Å². The Labute approximate surface area is 201 Å². The van der Waals surface area contributed by atoms with E-state index in [1.54, 1.807) is 12.1 Å². The van der Waals surface area contributed by atoms with Gasteiger partial charge in [0, 0.05) is 31.4 Å². The van der Waals surface area contributed by atoms with Gasteiger partial charge in [-0.05, 0) is 43.2 Å². The van der Waals surface area contributed by atoms with Gasteiger partial charge in [0.05, 0.1) is 20.8 Å². The molecule has 0 spiro atoms. The summed E-state index contributed by atoms with van der Waals surface area (Å²) in [6.07, 6.45) is 1.05. The Bertz CT molecular complexity index is 876. The maximum atomic E-state index is 12.0. The van der Waals surface area contributed by atoms with Crippen molar-refractivity contribution in [3.05, 3.63) is 59.7 Å². The van der Waals surface area contributed by atoms with E-state index in [9.17, 15) is 4.79 Å². The summed E-state index contributed by atoms with van der Waals surface area (Å²) in [5.41, 5.74) is 2.56. The Kier molecular flexibility index (Phi) is 9.90. The van der Waals surface area contributed by atoms with Gasteiger partial charge in [0.2, 0.25) is 0 Å². The number of methoxy groups -OCH3 is 2. The number of ether oxygens (including phenoxy) is 2. The van der Waals surface area contributed by atoms with Gasteiger partial charge < -0.3 is 25.0 Å². The molecule has 0 saturated carbocycles. The van der Waals surface area contributed by atoms with Gasteiger partial charge in [-0.2, -0.15) is 0 Å². The molecule has 2 aromatic rings. The molecule has 0 amide bonds. The van der Waals surface area contributed by atoms with Crippen molar-refractivity contribution in [2.75, 3.05) is 38.8 Å². The van der Waals surface area contributed by atoms with E-state index in [4.69, 9.17) is 14.5 Å². The largest absolute Gasteiger partial charge is 0.496 e. The quantitative estimate of drug-likeness (QED) is 0.244. The van der Waals surface area contributed by atoms with Gasteiger partial charge in [-0.3, -0.25) is 0 Å². The molecule has 2 aromatic carbocycles. The molecule has 8 heteroatoms. The van der Waals surface area contributed by atoms with Crippen LogP contribution < -0.4 is 20.3 Å². The molecule has 0 bridgehead atoms. The number of halogens is 1. The van der Waals surface area contributed by atoms with Crippen LogP contribution in [0.1, 0.15) is 29.3 Å². The van der Waals surface area contributed by atoms with Crippen molar-refractivity contribution >= 4 is 41.6 Å². The average molecular weight is 538 g/mol. The monoisotopic (exact) mass is 538 g/mol. The molecule has 0 aliphatic carbocycles. The van der Waals surface area contributed by atoms with Crippen molar-refractivity contribution in [2.24, 2.45) is 4.99 Å². The van der Waals surface area contributed by atoms with Gasteiger partial charge in [0.15, 0.2) is 5.96 Å². The van der Waals surface area contributed by atoms with Crippen LogP contribution in [0.15, 0.2) is 53.5 Å². The second kappa shape index (κ2) is 12.4. The maximum absolute atomic E-state index is 12.0. The van der Waals surface area contributed by atoms with Crippen LogP contribution in [0, 0.1) is 0 Å². The summed E-state index contributed by atoms with van der Waals surface area (Å²) >= 11 is 0. The van der Waals surface area contributed by atoms with E-state index < -0.39 is 5.97 Å². The molecule has 7 nitrogen and oxygen atoms in total. The van der Waals surface area contributed by atoms with Gasteiger partial charge in [0.1, 0.15) is 11.3 Å². The molecule has 1 aliphatic heterocycles. The van der Waals surface area contributed by atoms with Gasteiger partial charge in [-0.1, -0.05) is 24.3 Å². The van der Waals surface area contributed by atoms with Crippen LogP contribution in [0.3, 0.4) is 0 Å². The molecule has 1 fully saturated rings. The predicted octanol–water partition coefficient (Wildman–Crippen LogP) is 3.43. The lowest BCUT2D eigenvalue weighted by molar-refractivity contribution is 0.0597. The molecular formula is C23H31IN4O3. The summed E-state index contributed by atoms with van der Waals surface area (Å²) in [5.74, 6) is 0.842. The zero-order chi connectivity index (χ0) is 21.3. The molecule has 0 radical (unpaired) electrons. The van der Waals surface area contributed by atoms with Crippen molar-refractivity contribution in [1.82, 2.24) is 10.6 Å². The third kappa shape index (κ3) is 6.75. The normalized spacial score (nSPS) is 15.8. The lowest BCUT2D eigenvalue weighted by Gasteiger charge is -2.20. The van der Waals surface area contributed by atoms with Crippen LogP contribution >= 0.6 is 24.0 Å². The average Bonchev–Trinajstić information content (AvgIpc) is 3.26. The number of aliphatic imine (C=N–C) groups is 1. The molecule has 1 atom stereocenters. The minimum atomic E-state index is -0.422. The molecule has 2 N–H and O–H groups in total. The number of hydrogen-bond donors (Lipinski definition) is 2. The molecule has 1 saturated heterocycles. The summed E-state index contributed by atoms with van der Waals surface area (Å²) in [7, 11) is 2.90. The topological polar surface area (TPSA) is 75.2 Å². The van der Waals surface area contributed by atoms with E-state index in [1.165, 1.54) is 19.9 Å². The van der Waals surface area contributed by atoms with Crippen molar-refractivity contribution in [3.63, 3.8) is 0 Å². The number of benzene rings is 2. The van der Waals surface area contributed by atoms with Crippen LogP contribution in [0.4, 0.5) is 5.69 Å². The first-order valence-electron chi connectivity index (χ1n) is 10.2. The number of guanidine groups is 1. The first kappa shape index (κ1) is 24.8. The highest BCUT2D eigenvalue weighted by atomic mass is 127. The van der Waals surface area contributed by atoms with Crippen LogP contribution in [0.2, 0.25) is 0 Å². The zero-order valence-electron chi connectivity index (χ0n) is 18.3. The van der Waals surface area contributed by atoms with Gasteiger partial charge >= 0.3 is 5.97 Å². The smallest absolute Gasteiger partial charge is 0.341 e. The number of nitrogens with one attached hydrogen (secondary N) is 2. The molecule has 168 valence electrons. The van der Waals surface area contributed by atoms with Crippen LogP contribution in [-0.4, -0.2) is 51.8 Å². The summed E-state index contributed by atoms with van der Waals surface area (Å²) in [6.45, 7) is 5.21. The van der Waals surface area contributed by atoms with Crippen LogP contribution in [-0.2, 0) is 11.3 Å². The van der Waals surface area contributed by atoms with Crippen molar-refractivity contribution in [3.8, 4) is 5.75 Å². The SMILES string of the molecule is CCNC(=NCc1ccc(OC)c(C(=O)OC)c1)NC1CCN(c2ccccc2)C1.I. The Hall–Kier alpha value is -2.49. The fraction of sp³-hybridized carbons (Fsp3) is 0.391. The fourth-order valence-corrected chi connectivity index (χ4v) is 3.56.